The van der Waals surface area contributed by atoms with Gasteiger partial charge in [-0.25, -0.2) is 8.42 Å². The molecule has 144 valence electrons. The molecule has 1 fully saturated rings. The van der Waals surface area contributed by atoms with Crippen molar-refractivity contribution in [3.63, 3.8) is 0 Å². The predicted octanol–water partition coefficient (Wildman–Crippen LogP) is 2.03. The van der Waals surface area contributed by atoms with Gasteiger partial charge in [-0.3, -0.25) is 14.5 Å². The normalized spacial score (nSPS) is 22.9. The van der Waals surface area contributed by atoms with Crippen LogP contribution in [0.15, 0.2) is 34.2 Å². The van der Waals surface area contributed by atoms with Crippen LogP contribution in [0.3, 0.4) is 0 Å². The van der Waals surface area contributed by atoms with Crippen molar-refractivity contribution in [2.75, 3.05) is 11.9 Å². The van der Waals surface area contributed by atoms with Crippen molar-refractivity contribution in [3.8, 4) is 0 Å². The molecule has 0 radical (unpaired) electrons. The number of benzene rings is 1. The summed E-state index contributed by atoms with van der Waals surface area (Å²) >= 11 is 0. The van der Waals surface area contributed by atoms with Crippen molar-refractivity contribution < 1.29 is 13.2 Å². The maximum Gasteiger partial charge on any atom is 0.262 e. The van der Waals surface area contributed by atoms with Gasteiger partial charge in [-0.2, -0.15) is 0 Å². The Bertz CT molecular complexity index is 782. The Balaban J connectivity index is 0.00000243. The number of anilines is 1. The number of sulfonamides is 1. The van der Waals surface area contributed by atoms with Crippen LogP contribution in [0.5, 0.6) is 0 Å². The zero-order valence-corrected chi connectivity index (χ0v) is 16.1. The molecule has 1 amide bonds. The van der Waals surface area contributed by atoms with Crippen LogP contribution in [0.1, 0.15) is 38.5 Å². The lowest BCUT2D eigenvalue weighted by Crippen LogP contribution is -2.34. The molecule has 1 aliphatic carbocycles. The average molecular weight is 401 g/mol. The predicted molar refractivity (Wildman–Crippen MR) is 104 cm³/mol. The first-order valence-corrected chi connectivity index (χ1v) is 10.1. The fraction of sp³-hybridized carbons (Fsp3) is 0.529. The molecule has 4 N–H and O–H groups in total. The summed E-state index contributed by atoms with van der Waals surface area (Å²) in [5.74, 6) is 0.276. The summed E-state index contributed by atoms with van der Waals surface area (Å²) in [6, 6.07) is 6.34. The molecule has 0 bridgehead atoms. The van der Waals surface area contributed by atoms with Crippen LogP contribution in [0.4, 0.5) is 5.69 Å². The van der Waals surface area contributed by atoms with Gasteiger partial charge in [0.2, 0.25) is 5.91 Å². The Labute approximate surface area is 160 Å². The number of aliphatic imine (C=N–C) groups is 1. The fourth-order valence-electron chi connectivity index (χ4n) is 3.29. The summed E-state index contributed by atoms with van der Waals surface area (Å²) in [5.41, 5.74) is 6.41. The van der Waals surface area contributed by atoms with Gasteiger partial charge in [0.05, 0.1) is 4.90 Å². The summed E-state index contributed by atoms with van der Waals surface area (Å²) in [6.07, 6.45) is 4.88. The fourth-order valence-corrected chi connectivity index (χ4v) is 4.42. The Morgan fingerprint density at radius 3 is 2.73 bits per heavy atom. The molecular formula is C17H25ClN4O3S. The third kappa shape index (κ3) is 5.18. The number of carbonyl (C=O) groups excluding carboxylic acids is 1. The van der Waals surface area contributed by atoms with Crippen molar-refractivity contribution in [2.45, 2.75) is 49.5 Å². The number of amidine groups is 1. The van der Waals surface area contributed by atoms with Crippen LogP contribution in [0.25, 0.3) is 0 Å². The SMILES string of the molecule is Cl.NC1CCCC(C(=O)Nc2cccc(S(=O)(=O)NC3=NCCC3)c2)C1. The Morgan fingerprint density at radius 1 is 1.23 bits per heavy atom. The second-order valence-electron chi connectivity index (χ2n) is 6.68. The number of rotatable bonds is 4. The number of halogens is 1. The first-order chi connectivity index (χ1) is 11.9. The minimum atomic E-state index is -3.69. The number of nitrogens with one attached hydrogen (secondary N) is 2. The maximum absolute atomic E-state index is 12.4. The molecule has 1 heterocycles. The van der Waals surface area contributed by atoms with E-state index in [1.54, 1.807) is 12.1 Å². The number of amides is 1. The van der Waals surface area contributed by atoms with E-state index in [2.05, 4.69) is 15.0 Å². The average Bonchev–Trinajstić information content (AvgIpc) is 3.07. The van der Waals surface area contributed by atoms with Gasteiger partial charge in [-0.15, -0.1) is 12.4 Å². The van der Waals surface area contributed by atoms with Gasteiger partial charge in [0.1, 0.15) is 5.84 Å². The lowest BCUT2D eigenvalue weighted by molar-refractivity contribution is -0.120. The van der Waals surface area contributed by atoms with Crippen LogP contribution in [-0.4, -0.2) is 32.7 Å². The van der Waals surface area contributed by atoms with E-state index in [9.17, 15) is 13.2 Å². The number of hydrogen-bond donors (Lipinski definition) is 3. The van der Waals surface area contributed by atoms with Crippen molar-refractivity contribution in [3.05, 3.63) is 24.3 Å². The quantitative estimate of drug-likeness (QED) is 0.717. The van der Waals surface area contributed by atoms with Crippen LogP contribution in [0.2, 0.25) is 0 Å². The second-order valence-corrected chi connectivity index (χ2v) is 8.36. The molecule has 1 aromatic carbocycles. The molecule has 3 rings (SSSR count). The van der Waals surface area contributed by atoms with E-state index in [0.717, 1.165) is 25.7 Å². The molecule has 0 spiro atoms. The summed E-state index contributed by atoms with van der Waals surface area (Å²) in [6.45, 7) is 0.650. The first kappa shape index (κ1) is 20.7. The lowest BCUT2D eigenvalue weighted by atomic mass is 9.85. The summed E-state index contributed by atoms with van der Waals surface area (Å²) in [5, 5.41) is 2.82. The smallest absolute Gasteiger partial charge is 0.262 e. The molecule has 2 atom stereocenters. The standard InChI is InChI=1S/C17H24N4O3S.ClH/c18-13-5-1-4-12(10-13)17(22)20-14-6-2-7-15(11-14)25(23,24)21-16-8-3-9-19-16;/h2,6-7,11-13H,1,3-5,8-10,18H2,(H,19,21)(H,20,22);1H. The van der Waals surface area contributed by atoms with Crippen molar-refractivity contribution >= 4 is 39.9 Å². The van der Waals surface area contributed by atoms with Crippen molar-refractivity contribution in [1.29, 1.82) is 0 Å². The van der Waals surface area contributed by atoms with E-state index in [4.69, 9.17) is 5.73 Å². The number of nitrogens with two attached hydrogens (primary N) is 1. The molecule has 0 saturated heterocycles. The zero-order valence-electron chi connectivity index (χ0n) is 14.5. The van der Waals surface area contributed by atoms with E-state index < -0.39 is 10.0 Å². The lowest BCUT2D eigenvalue weighted by Gasteiger charge is -2.25. The molecule has 26 heavy (non-hydrogen) atoms. The number of carbonyl (C=O) groups is 1. The van der Waals surface area contributed by atoms with Gasteiger partial charge < -0.3 is 11.1 Å². The molecule has 0 aromatic heterocycles. The third-order valence-corrected chi connectivity index (χ3v) is 6.00. The van der Waals surface area contributed by atoms with Crippen molar-refractivity contribution in [2.24, 2.45) is 16.6 Å². The highest BCUT2D eigenvalue weighted by Crippen LogP contribution is 2.25. The second kappa shape index (κ2) is 8.83. The Kier molecular flexibility index (Phi) is 7.02. The molecule has 2 unspecified atom stereocenters. The van der Waals surface area contributed by atoms with Crippen molar-refractivity contribution in [1.82, 2.24) is 4.72 Å². The monoisotopic (exact) mass is 400 g/mol. The van der Waals surface area contributed by atoms with Gasteiger partial charge in [-0.05, 0) is 43.9 Å². The zero-order chi connectivity index (χ0) is 17.9. The van der Waals surface area contributed by atoms with Gasteiger partial charge in [0, 0.05) is 30.6 Å². The minimum Gasteiger partial charge on any atom is -0.328 e. The van der Waals surface area contributed by atoms with Crippen LogP contribution in [0, 0.1) is 5.92 Å². The Morgan fingerprint density at radius 2 is 2.04 bits per heavy atom. The number of hydrogen-bond acceptors (Lipinski definition) is 5. The minimum absolute atomic E-state index is 0. The Hall–Kier alpha value is -1.64. The van der Waals surface area contributed by atoms with Crippen LogP contribution >= 0.6 is 12.4 Å². The highest BCUT2D eigenvalue weighted by molar-refractivity contribution is 7.90. The van der Waals surface area contributed by atoms with Crippen LogP contribution < -0.4 is 15.8 Å². The summed E-state index contributed by atoms with van der Waals surface area (Å²) in [7, 11) is -3.69. The van der Waals surface area contributed by atoms with E-state index in [0.29, 0.717) is 30.9 Å². The molecule has 2 aliphatic rings. The van der Waals surface area contributed by atoms with E-state index in [-0.39, 0.29) is 35.2 Å². The highest BCUT2D eigenvalue weighted by Gasteiger charge is 2.26. The molecular weight excluding hydrogens is 376 g/mol. The van der Waals surface area contributed by atoms with E-state index in [1.807, 2.05) is 0 Å². The molecule has 1 aromatic rings. The molecule has 1 aliphatic heterocycles. The topological polar surface area (TPSA) is 114 Å². The van der Waals surface area contributed by atoms with Gasteiger partial charge >= 0.3 is 0 Å². The van der Waals surface area contributed by atoms with Gasteiger partial charge in [0.15, 0.2) is 0 Å². The highest BCUT2D eigenvalue weighted by atomic mass is 35.5. The van der Waals surface area contributed by atoms with Gasteiger partial charge in [0.25, 0.3) is 10.0 Å². The summed E-state index contributed by atoms with van der Waals surface area (Å²) in [4.78, 5) is 16.6. The first-order valence-electron chi connectivity index (χ1n) is 8.67. The summed E-state index contributed by atoms with van der Waals surface area (Å²) < 4.78 is 27.4. The van der Waals surface area contributed by atoms with Gasteiger partial charge in [-0.1, -0.05) is 12.5 Å². The largest absolute Gasteiger partial charge is 0.328 e. The maximum atomic E-state index is 12.4. The van der Waals surface area contributed by atoms with E-state index in [1.165, 1.54) is 12.1 Å². The van der Waals surface area contributed by atoms with E-state index >= 15 is 0 Å². The molecule has 7 nitrogen and oxygen atoms in total. The molecule has 1 saturated carbocycles. The molecule has 9 heteroatoms. The number of nitrogens with zero attached hydrogens (tertiary/aromatic N) is 1. The van der Waals surface area contributed by atoms with Crippen LogP contribution in [-0.2, 0) is 14.8 Å². The third-order valence-electron chi connectivity index (χ3n) is 4.62.